The molecule has 2 N–H and O–H groups in total. The lowest BCUT2D eigenvalue weighted by atomic mass is 9.88. The largest absolute Gasteiger partial charge is 0.289 e. The van der Waals surface area contributed by atoms with Crippen molar-refractivity contribution >= 4 is 5.91 Å². The third-order valence-corrected chi connectivity index (χ3v) is 3.97. The van der Waals surface area contributed by atoms with Gasteiger partial charge in [0.1, 0.15) is 0 Å². The Hall–Kier alpha value is -2.17. The van der Waals surface area contributed by atoms with E-state index in [4.69, 9.17) is 5.21 Å². The average molecular weight is 282 g/mol. The molecular formula is C17H18N2O2. The van der Waals surface area contributed by atoms with Gasteiger partial charge >= 0.3 is 0 Å². The van der Waals surface area contributed by atoms with Gasteiger partial charge in [-0.1, -0.05) is 54.6 Å². The van der Waals surface area contributed by atoms with Crippen LogP contribution in [0.4, 0.5) is 0 Å². The fourth-order valence-electron chi connectivity index (χ4n) is 3.03. The molecule has 1 atom stereocenters. The van der Waals surface area contributed by atoms with Crippen LogP contribution in [0.5, 0.6) is 0 Å². The molecule has 0 fully saturated rings. The predicted octanol–water partition coefficient (Wildman–Crippen LogP) is 2.14. The van der Waals surface area contributed by atoms with Gasteiger partial charge < -0.3 is 0 Å². The van der Waals surface area contributed by atoms with Crippen LogP contribution < -0.4 is 5.48 Å². The fraction of sp³-hybridized carbons (Fsp3) is 0.235. The molecular weight excluding hydrogens is 264 g/mol. The van der Waals surface area contributed by atoms with E-state index in [1.54, 1.807) is 5.48 Å². The minimum atomic E-state index is -0.379. The number of benzene rings is 2. The first-order valence-electron chi connectivity index (χ1n) is 7.09. The quantitative estimate of drug-likeness (QED) is 0.670. The minimum Gasteiger partial charge on any atom is -0.289 e. The Bertz CT molecular complexity index is 628. The van der Waals surface area contributed by atoms with Gasteiger partial charge in [-0.05, 0) is 23.1 Å². The number of hydrogen-bond donors (Lipinski definition) is 2. The Balaban J connectivity index is 2.01. The molecule has 0 spiro atoms. The molecule has 1 aliphatic heterocycles. The van der Waals surface area contributed by atoms with Crippen molar-refractivity contribution in [3.63, 3.8) is 0 Å². The highest BCUT2D eigenvalue weighted by molar-refractivity contribution is 5.77. The molecule has 0 aromatic heterocycles. The first kappa shape index (κ1) is 13.8. The lowest BCUT2D eigenvalue weighted by Crippen LogP contribution is -2.42. The molecule has 2 aromatic carbocycles. The molecule has 108 valence electrons. The molecule has 0 radical (unpaired) electrons. The molecule has 4 nitrogen and oxygen atoms in total. The highest BCUT2D eigenvalue weighted by Gasteiger charge is 2.29. The number of nitrogens with zero attached hydrogens (tertiary/aromatic N) is 1. The Morgan fingerprint density at radius 2 is 1.86 bits per heavy atom. The number of hydrogen-bond acceptors (Lipinski definition) is 3. The van der Waals surface area contributed by atoms with E-state index in [1.165, 1.54) is 11.1 Å². The Kier molecular flexibility index (Phi) is 3.99. The van der Waals surface area contributed by atoms with Crippen molar-refractivity contribution in [1.82, 2.24) is 10.4 Å². The van der Waals surface area contributed by atoms with Crippen LogP contribution in [0.25, 0.3) is 0 Å². The van der Waals surface area contributed by atoms with Crippen molar-refractivity contribution in [3.05, 3.63) is 71.3 Å². The van der Waals surface area contributed by atoms with E-state index in [1.807, 2.05) is 24.3 Å². The summed E-state index contributed by atoms with van der Waals surface area (Å²) in [5, 5.41) is 8.79. The monoisotopic (exact) mass is 282 g/mol. The highest BCUT2D eigenvalue weighted by Crippen LogP contribution is 2.34. The first-order valence-corrected chi connectivity index (χ1v) is 7.09. The molecule has 1 unspecified atom stereocenters. The first-order chi connectivity index (χ1) is 10.3. The van der Waals surface area contributed by atoms with Crippen LogP contribution in [-0.2, 0) is 11.2 Å². The number of carbonyl (C=O) groups is 1. The fourth-order valence-corrected chi connectivity index (χ4v) is 3.03. The van der Waals surface area contributed by atoms with Gasteiger partial charge in [0.25, 0.3) is 5.91 Å². The van der Waals surface area contributed by atoms with E-state index in [0.717, 1.165) is 18.5 Å². The summed E-state index contributed by atoms with van der Waals surface area (Å²) in [6, 6.07) is 18.6. The number of rotatable bonds is 3. The van der Waals surface area contributed by atoms with Crippen LogP contribution in [-0.4, -0.2) is 29.1 Å². The third-order valence-electron chi connectivity index (χ3n) is 3.97. The number of fused-ring (bicyclic) bond motifs is 1. The summed E-state index contributed by atoms with van der Waals surface area (Å²) in [6.07, 6.45) is 0.915. The second-order valence-electron chi connectivity index (χ2n) is 5.27. The van der Waals surface area contributed by atoms with Crippen LogP contribution in [0.2, 0.25) is 0 Å². The van der Waals surface area contributed by atoms with E-state index >= 15 is 0 Å². The van der Waals surface area contributed by atoms with Gasteiger partial charge in [0, 0.05) is 6.54 Å². The van der Waals surface area contributed by atoms with Crippen molar-refractivity contribution in [2.75, 3.05) is 13.1 Å². The van der Waals surface area contributed by atoms with E-state index < -0.39 is 0 Å². The van der Waals surface area contributed by atoms with Crippen molar-refractivity contribution < 1.29 is 10.0 Å². The standard InChI is InChI=1S/C17H18N2O2/c20-16(18-21)12-19-11-10-13-6-4-5-9-15(13)17(19)14-7-2-1-3-8-14/h1-9,17,21H,10-12H2,(H,18,20). The molecule has 0 saturated heterocycles. The second-order valence-corrected chi connectivity index (χ2v) is 5.27. The topological polar surface area (TPSA) is 52.6 Å². The zero-order chi connectivity index (χ0) is 14.7. The lowest BCUT2D eigenvalue weighted by Gasteiger charge is -2.37. The van der Waals surface area contributed by atoms with Crippen LogP contribution in [0.15, 0.2) is 54.6 Å². The van der Waals surface area contributed by atoms with Crippen LogP contribution in [0, 0.1) is 0 Å². The van der Waals surface area contributed by atoms with Gasteiger partial charge in [0.05, 0.1) is 12.6 Å². The summed E-state index contributed by atoms with van der Waals surface area (Å²) in [5.74, 6) is -0.379. The molecule has 1 amide bonds. The van der Waals surface area contributed by atoms with Crippen molar-refractivity contribution in [2.45, 2.75) is 12.5 Å². The molecule has 0 aliphatic carbocycles. The molecule has 0 bridgehead atoms. The molecule has 4 heteroatoms. The van der Waals surface area contributed by atoms with Gasteiger partial charge in [-0.3, -0.25) is 14.9 Å². The van der Waals surface area contributed by atoms with E-state index in [9.17, 15) is 4.79 Å². The van der Waals surface area contributed by atoms with Gasteiger partial charge in [0.15, 0.2) is 0 Å². The highest BCUT2D eigenvalue weighted by atomic mass is 16.5. The zero-order valence-corrected chi connectivity index (χ0v) is 11.7. The Morgan fingerprint density at radius 3 is 2.62 bits per heavy atom. The van der Waals surface area contributed by atoms with E-state index in [2.05, 4.69) is 35.2 Å². The minimum absolute atomic E-state index is 0.0495. The zero-order valence-electron chi connectivity index (χ0n) is 11.7. The van der Waals surface area contributed by atoms with E-state index in [0.29, 0.717) is 0 Å². The maximum Gasteiger partial charge on any atom is 0.257 e. The van der Waals surface area contributed by atoms with Crippen LogP contribution >= 0.6 is 0 Å². The lowest BCUT2D eigenvalue weighted by molar-refractivity contribution is -0.130. The SMILES string of the molecule is O=C(CN1CCc2ccccc2C1c1ccccc1)NO. The van der Waals surface area contributed by atoms with Gasteiger partial charge in [0.2, 0.25) is 0 Å². The molecule has 1 heterocycles. The molecule has 21 heavy (non-hydrogen) atoms. The number of amides is 1. The van der Waals surface area contributed by atoms with Crippen molar-refractivity contribution in [2.24, 2.45) is 0 Å². The molecule has 1 aliphatic rings. The second kappa shape index (κ2) is 6.08. The van der Waals surface area contributed by atoms with Crippen molar-refractivity contribution in [3.8, 4) is 0 Å². The summed E-state index contributed by atoms with van der Waals surface area (Å²) in [7, 11) is 0. The average Bonchev–Trinajstić information content (AvgIpc) is 2.55. The summed E-state index contributed by atoms with van der Waals surface area (Å²) in [5.41, 5.74) is 5.45. The summed E-state index contributed by atoms with van der Waals surface area (Å²) in [4.78, 5) is 13.7. The summed E-state index contributed by atoms with van der Waals surface area (Å²) in [6.45, 7) is 0.981. The number of carbonyl (C=O) groups excluding carboxylic acids is 1. The Labute approximate surface area is 124 Å². The normalized spacial score (nSPS) is 18.0. The number of nitrogens with one attached hydrogen (secondary N) is 1. The van der Waals surface area contributed by atoms with Gasteiger partial charge in [-0.2, -0.15) is 0 Å². The maximum atomic E-state index is 11.6. The molecule has 3 rings (SSSR count). The van der Waals surface area contributed by atoms with Crippen LogP contribution in [0.3, 0.4) is 0 Å². The van der Waals surface area contributed by atoms with E-state index in [-0.39, 0.29) is 18.5 Å². The number of hydroxylamine groups is 1. The Morgan fingerprint density at radius 1 is 1.14 bits per heavy atom. The third kappa shape index (κ3) is 2.82. The summed E-state index contributed by atoms with van der Waals surface area (Å²) < 4.78 is 0. The van der Waals surface area contributed by atoms with Crippen LogP contribution in [0.1, 0.15) is 22.7 Å². The molecule has 2 aromatic rings. The van der Waals surface area contributed by atoms with Crippen molar-refractivity contribution in [1.29, 1.82) is 0 Å². The van der Waals surface area contributed by atoms with Gasteiger partial charge in [-0.25, -0.2) is 5.48 Å². The maximum absolute atomic E-state index is 11.6. The molecule has 0 saturated carbocycles. The predicted molar refractivity (Wildman–Crippen MR) is 79.9 cm³/mol. The van der Waals surface area contributed by atoms with Gasteiger partial charge in [-0.15, -0.1) is 0 Å². The smallest absolute Gasteiger partial charge is 0.257 e. The summed E-state index contributed by atoms with van der Waals surface area (Å²) >= 11 is 0.